The van der Waals surface area contributed by atoms with E-state index in [1.54, 1.807) is 0 Å². The lowest BCUT2D eigenvalue weighted by atomic mass is 10.3. The number of halogens is 1. The fourth-order valence-electron chi connectivity index (χ4n) is 2.83. The summed E-state index contributed by atoms with van der Waals surface area (Å²) in [6.07, 6.45) is 0.675. The molecular weight excluding hydrogens is 439 g/mol. The number of benzene rings is 2. The minimum absolute atomic E-state index is 0.0892. The molecule has 0 radical (unpaired) electrons. The van der Waals surface area contributed by atoms with Gasteiger partial charge in [-0.15, -0.1) is 0 Å². The van der Waals surface area contributed by atoms with E-state index in [0.29, 0.717) is 25.3 Å². The number of hydrogen-bond acceptors (Lipinski definition) is 6. The summed E-state index contributed by atoms with van der Waals surface area (Å²) in [5, 5.41) is 2.69. The van der Waals surface area contributed by atoms with Crippen molar-refractivity contribution in [1.29, 1.82) is 0 Å². The second-order valence-electron chi connectivity index (χ2n) is 7.13. The third-order valence-electron chi connectivity index (χ3n) is 4.44. The average molecular weight is 469 g/mol. The van der Waals surface area contributed by atoms with Gasteiger partial charge in [0, 0.05) is 19.2 Å². The summed E-state index contributed by atoms with van der Waals surface area (Å²) in [4.78, 5) is 12.4. The first-order valence-electron chi connectivity index (χ1n) is 10.1. The van der Waals surface area contributed by atoms with Crippen LogP contribution in [0.4, 0.5) is 10.1 Å². The van der Waals surface area contributed by atoms with Crippen molar-refractivity contribution in [2.75, 3.05) is 38.2 Å². The summed E-state index contributed by atoms with van der Waals surface area (Å²) >= 11 is 0. The van der Waals surface area contributed by atoms with Gasteiger partial charge in [-0.25, -0.2) is 12.8 Å². The predicted octanol–water partition coefficient (Wildman–Crippen LogP) is 2.97. The van der Waals surface area contributed by atoms with Crippen molar-refractivity contribution in [3.05, 3.63) is 48.3 Å². The number of ether oxygens (including phenoxy) is 3. The zero-order valence-electron chi connectivity index (χ0n) is 18.6. The van der Waals surface area contributed by atoms with E-state index in [9.17, 15) is 17.6 Å². The standard InChI is InChI=1S/C22H29FN2O6S/c1-16(2)31-13-5-12-24-22(26)15-25(18-8-6-17(23)7-9-18)32(27,28)19-10-11-20(29-3)21(14-19)30-4/h6-11,14,16H,5,12-13,15H2,1-4H3,(H,24,26). The quantitative estimate of drug-likeness (QED) is 0.482. The third-order valence-corrected chi connectivity index (χ3v) is 6.21. The van der Waals surface area contributed by atoms with Gasteiger partial charge < -0.3 is 19.5 Å². The molecule has 0 saturated heterocycles. The monoisotopic (exact) mass is 468 g/mol. The maximum atomic E-state index is 13.4. The Labute approximate surface area is 188 Å². The van der Waals surface area contributed by atoms with Gasteiger partial charge in [-0.05, 0) is 56.7 Å². The van der Waals surface area contributed by atoms with Crippen LogP contribution in [0.1, 0.15) is 20.3 Å². The van der Waals surface area contributed by atoms with Gasteiger partial charge in [0.1, 0.15) is 12.4 Å². The van der Waals surface area contributed by atoms with Gasteiger partial charge in [-0.3, -0.25) is 9.10 Å². The second-order valence-corrected chi connectivity index (χ2v) is 8.99. The van der Waals surface area contributed by atoms with Crippen molar-refractivity contribution >= 4 is 21.6 Å². The van der Waals surface area contributed by atoms with E-state index in [2.05, 4.69) is 5.32 Å². The topological polar surface area (TPSA) is 94.2 Å². The molecule has 0 aliphatic heterocycles. The average Bonchev–Trinajstić information content (AvgIpc) is 2.77. The maximum Gasteiger partial charge on any atom is 0.264 e. The minimum atomic E-state index is -4.18. The summed E-state index contributed by atoms with van der Waals surface area (Å²) in [7, 11) is -1.35. The molecule has 176 valence electrons. The number of hydrogen-bond donors (Lipinski definition) is 1. The van der Waals surface area contributed by atoms with E-state index in [-0.39, 0.29) is 22.4 Å². The SMILES string of the molecule is COc1ccc(S(=O)(=O)N(CC(=O)NCCCOC(C)C)c2ccc(F)cc2)cc1OC. The number of nitrogens with one attached hydrogen (secondary N) is 1. The molecule has 0 unspecified atom stereocenters. The van der Waals surface area contributed by atoms with E-state index >= 15 is 0 Å². The summed E-state index contributed by atoms with van der Waals surface area (Å²) in [5.74, 6) is -0.432. The number of rotatable bonds is 12. The summed E-state index contributed by atoms with van der Waals surface area (Å²) in [5.41, 5.74) is 0.152. The number of methoxy groups -OCH3 is 2. The molecule has 0 aliphatic carbocycles. The molecule has 0 spiro atoms. The Kier molecular flexibility index (Phi) is 9.27. The van der Waals surface area contributed by atoms with Crippen LogP contribution in [0, 0.1) is 5.82 Å². The van der Waals surface area contributed by atoms with Crippen LogP contribution in [0.3, 0.4) is 0 Å². The summed E-state index contributed by atoms with van der Waals surface area (Å²) in [6.45, 7) is 4.16. The number of anilines is 1. The molecule has 0 aromatic heterocycles. The van der Waals surface area contributed by atoms with Crippen LogP contribution in [0.25, 0.3) is 0 Å². The molecule has 0 bridgehead atoms. The van der Waals surface area contributed by atoms with Crippen LogP contribution < -0.4 is 19.1 Å². The first-order valence-corrected chi connectivity index (χ1v) is 11.5. The number of carbonyl (C=O) groups is 1. The number of carbonyl (C=O) groups excluding carboxylic acids is 1. The Morgan fingerprint density at radius 1 is 1.06 bits per heavy atom. The normalized spacial score (nSPS) is 11.3. The van der Waals surface area contributed by atoms with Crippen LogP contribution in [0.2, 0.25) is 0 Å². The van der Waals surface area contributed by atoms with Gasteiger partial charge in [-0.1, -0.05) is 0 Å². The molecule has 0 aliphatic rings. The molecule has 1 amide bonds. The zero-order chi connectivity index (χ0) is 23.7. The minimum Gasteiger partial charge on any atom is -0.493 e. The molecule has 10 heteroatoms. The molecule has 2 aromatic rings. The summed E-state index contributed by atoms with van der Waals surface area (Å²) in [6, 6.07) is 9.00. The first kappa shape index (κ1) is 25.4. The van der Waals surface area contributed by atoms with Crippen molar-refractivity contribution < 1.29 is 31.8 Å². The van der Waals surface area contributed by atoms with Gasteiger partial charge >= 0.3 is 0 Å². The fourth-order valence-corrected chi connectivity index (χ4v) is 4.27. The highest BCUT2D eigenvalue weighted by Crippen LogP contribution is 2.32. The highest BCUT2D eigenvalue weighted by Gasteiger charge is 2.28. The second kappa shape index (κ2) is 11.7. The Balaban J connectivity index is 2.27. The largest absolute Gasteiger partial charge is 0.493 e. The lowest BCUT2D eigenvalue weighted by molar-refractivity contribution is -0.119. The smallest absolute Gasteiger partial charge is 0.264 e. The zero-order valence-corrected chi connectivity index (χ0v) is 19.4. The van der Waals surface area contributed by atoms with Gasteiger partial charge in [0.05, 0.1) is 30.9 Å². The number of nitrogens with zero attached hydrogens (tertiary/aromatic N) is 1. The first-order chi connectivity index (χ1) is 15.2. The Morgan fingerprint density at radius 3 is 2.31 bits per heavy atom. The molecule has 8 nitrogen and oxygen atoms in total. The van der Waals surface area contributed by atoms with Crippen molar-refractivity contribution in [1.82, 2.24) is 5.32 Å². The fraction of sp³-hybridized carbons (Fsp3) is 0.409. The van der Waals surface area contributed by atoms with Crippen LogP contribution in [0.15, 0.2) is 47.4 Å². The lowest BCUT2D eigenvalue weighted by Crippen LogP contribution is -2.41. The van der Waals surface area contributed by atoms with E-state index < -0.39 is 28.3 Å². The van der Waals surface area contributed by atoms with Gasteiger partial charge in [0.25, 0.3) is 10.0 Å². The van der Waals surface area contributed by atoms with Crippen molar-refractivity contribution in [2.45, 2.75) is 31.3 Å². The molecule has 32 heavy (non-hydrogen) atoms. The maximum absolute atomic E-state index is 13.4. The van der Waals surface area contributed by atoms with E-state index in [0.717, 1.165) is 16.4 Å². The molecule has 2 aromatic carbocycles. The highest BCUT2D eigenvalue weighted by molar-refractivity contribution is 7.92. The van der Waals surface area contributed by atoms with Crippen molar-refractivity contribution in [3.63, 3.8) is 0 Å². The van der Waals surface area contributed by atoms with Crippen LogP contribution >= 0.6 is 0 Å². The molecule has 0 saturated carbocycles. The van der Waals surface area contributed by atoms with E-state index in [1.807, 2.05) is 13.8 Å². The van der Waals surface area contributed by atoms with Gasteiger partial charge in [0.15, 0.2) is 11.5 Å². The van der Waals surface area contributed by atoms with E-state index in [4.69, 9.17) is 14.2 Å². The number of sulfonamides is 1. The summed E-state index contributed by atoms with van der Waals surface area (Å²) < 4.78 is 56.9. The van der Waals surface area contributed by atoms with Crippen LogP contribution in [-0.2, 0) is 19.6 Å². The third kappa shape index (κ3) is 6.83. The van der Waals surface area contributed by atoms with Crippen molar-refractivity contribution in [2.24, 2.45) is 0 Å². The predicted molar refractivity (Wildman–Crippen MR) is 119 cm³/mol. The Morgan fingerprint density at radius 2 is 1.72 bits per heavy atom. The van der Waals surface area contributed by atoms with E-state index in [1.165, 1.54) is 44.6 Å². The van der Waals surface area contributed by atoms with Crippen LogP contribution in [-0.4, -0.2) is 54.3 Å². The highest BCUT2D eigenvalue weighted by atomic mass is 32.2. The molecule has 1 N–H and O–H groups in total. The van der Waals surface area contributed by atoms with Crippen LogP contribution in [0.5, 0.6) is 11.5 Å². The molecular formula is C22H29FN2O6S. The molecule has 0 fully saturated rings. The lowest BCUT2D eigenvalue weighted by Gasteiger charge is -2.24. The number of amides is 1. The molecule has 0 atom stereocenters. The Hall–Kier alpha value is -2.85. The Bertz CT molecular complexity index is 996. The molecule has 2 rings (SSSR count). The molecule has 0 heterocycles. The van der Waals surface area contributed by atoms with Crippen molar-refractivity contribution in [3.8, 4) is 11.5 Å². The van der Waals surface area contributed by atoms with Gasteiger partial charge in [-0.2, -0.15) is 0 Å². The van der Waals surface area contributed by atoms with Gasteiger partial charge in [0.2, 0.25) is 5.91 Å².